The molecule has 0 fully saturated rings. The van der Waals surface area contributed by atoms with E-state index in [0.29, 0.717) is 16.4 Å². The van der Waals surface area contributed by atoms with Crippen LogP contribution < -0.4 is 16.0 Å². The molecular formula is C13H15N3OS. The molecule has 0 aromatic heterocycles. The van der Waals surface area contributed by atoms with Gasteiger partial charge in [0.25, 0.3) is 5.91 Å². The van der Waals surface area contributed by atoms with Gasteiger partial charge in [-0.15, -0.1) is 0 Å². The number of nitrogens with two attached hydrogens (primary N) is 1. The van der Waals surface area contributed by atoms with Gasteiger partial charge in [0.15, 0.2) is 5.11 Å². The van der Waals surface area contributed by atoms with Crippen LogP contribution in [0.4, 0.5) is 5.69 Å². The molecule has 2 rings (SSSR count). The van der Waals surface area contributed by atoms with Crippen molar-refractivity contribution >= 4 is 28.9 Å². The summed E-state index contributed by atoms with van der Waals surface area (Å²) in [6, 6.07) is 7.13. The maximum atomic E-state index is 11.4. The first-order chi connectivity index (χ1) is 8.41. The Morgan fingerprint density at radius 3 is 2.67 bits per heavy atom. The fourth-order valence-corrected chi connectivity index (χ4v) is 2.21. The molecule has 1 aliphatic rings. The summed E-state index contributed by atoms with van der Waals surface area (Å²) < 4.78 is 0. The summed E-state index contributed by atoms with van der Waals surface area (Å²) in [5, 5.41) is 3.74. The van der Waals surface area contributed by atoms with Crippen molar-refractivity contribution in [3.63, 3.8) is 0 Å². The quantitative estimate of drug-likeness (QED) is 0.797. The Kier molecular flexibility index (Phi) is 3.09. The van der Waals surface area contributed by atoms with Crippen LogP contribution in [0.15, 0.2) is 36.5 Å². The van der Waals surface area contributed by atoms with Gasteiger partial charge in [0.1, 0.15) is 0 Å². The predicted molar refractivity (Wildman–Crippen MR) is 76.4 cm³/mol. The van der Waals surface area contributed by atoms with E-state index >= 15 is 0 Å². The number of hydrogen-bond donors (Lipinski definition) is 2. The van der Waals surface area contributed by atoms with Crippen molar-refractivity contribution in [1.29, 1.82) is 0 Å². The molecule has 0 saturated heterocycles. The molecule has 0 saturated carbocycles. The number of hydrogen-bond acceptors (Lipinski definition) is 2. The first kappa shape index (κ1) is 12.6. The van der Waals surface area contributed by atoms with Gasteiger partial charge in [0, 0.05) is 6.20 Å². The molecule has 1 aliphatic heterocycles. The Morgan fingerprint density at radius 2 is 2.06 bits per heavy atom. The van der Waals surface area contributed by atoms with E-state index in [1.807, 2.05) is 38.3 Å². The topological polar surface area (TPSA) is 58.4 Å². The van der Waals surface area contributed by atoms with E-state index in [9.17, 15) is 4.79 Å². The van der Waals surface area contributed by atoms with Crippen molar-refractivity contribution in [1.82, 2.24) is 5.32 Å². The fourth-order valence-electron chi connectivity index (χ4n) is 1.79. The lowest BCUT2D eigenvalue weighted by atomic mass is 10.0. The van der Waals surface area contributed by atoms with Crippen molar-refractivity contribution in [2.75, 3.05) is 4.90 Å². The van der Waals surface area contributed by atoms with Gasteiger partial charge in [-0.25, -0.2) is 0 Å². The summed E-state index contributed by atoms with van der Waals surface area (Å²) >= 11 is 5.32. The van der Waals surface area contributed by atoms with Gasteiger partial charge in [-0.3, -0.25) is 9.69 Å². The summed E-state index contributed by atoms with van der Waals surface area (Å²) in [6.07, 6.45) is 3.85. The molecule has 4 nitrogen and oxygen atoms in total. The maximum Gasteiger partial charge on any atom is 0.250 e. The van der Waals surface area contributed by atoms with E-state index in [1.54, 1.807) is 17.0 Å². The zero-order valence-corrected chi connectivity index (χ0v) is 11.1. The number of nitrogens with one attached hydrogen (secondary N) is 1. The number of primary amides is 1. The van der Waals surface area contributed by atoms with Crippen molar-refractivity contribution in [3.8, 4) is 0 Å². The molecule has 3 N–H and O–H groups in total. The lowest BCUT2D eigenvalue weighted by Crippen LogP contribution is -2.51. The van der Waals surface area contributed by atoms with Gasteiger partial charge in [0.2, 0.25) is 0 Å². The molecule has 0 bridgehead atoms. The number of carbonyl (C=O) groups is 1. The summed E-state index contributed by atoms with van der Waals surface area (Å²) in [4.78, 5) is 13.2. The molecule has 0 unspecified atom stereocenters. The number of rotatable bonds is 2. The second-order valence-electron chi connectivity index (χ2n) is 4.72. The normalized spacial score (nSPS) is 17.4. The molecule has 0 aliphatic carbocycles. The van der Waals surface area contributed by atoms with Crippen LogP contribution in [0.1, 0.15) is 24.2 Å². The Morgan fingerprint density at radius 1 is 1.39 bits per heavy atom. The zero-order chi connectivity index (χ0) is 13.3. The van der Waals surface area contributed by atoms with E-state index in [1.165, 1.54) is 0 Å². The molecular weight excluding hydrogens is 246 g/mol. The van der Waals surface area contributed by atoms with Gasteiger partial charge >= 0.3 is 0 Å². The van der Waals surface area contributed by atoms with Crippen molar-refractivity contribution in [2.45, 2.75) is 19.4 Å². The van der Waals surface area contributed by atoms with E-state index in [4.69, 9.17) is 18.0 Å². The first-order valence-electron chi connectivity index (χ1n) is 5.60. The minimum atomic E-state index is -0.466. The molecule has 1 aromatic carbocycles. The number of nitrogens with zero attached hydrogens (tertiary/aromatic N) is 1. The molecule has 1 amide bonds. The molecule has 0 radical (unpaired) electrons. The monoisotopic (exact) mass is 261 g/mol. The van der Waals surface area contributed by atoms with Crippen LogP contribution in [0.5, 0.6) is 0 Å². The van der Waals surface area contributed by atoms with Crippen LogP contribution in [0.3, 0.4) is 0 Å². The fraction of sp³-hybridized carbons (Fsp3) is 0.231. The smallest absolute Gasteiger partial charge is 0.250 e. The van der Waals surface area contributed by atoms with Gasteiger partial charge in [-0.05, 0) is 44.3 Å². The Hall–Kier alpha value is -1.88. The van der Waals surface area contributed by atoms with Crippen LogP contribution >= 0.6 is 12.2 Å². The predicted octanol–water partition coefficient (Wildman–Crippen LogP) is 1.77. The van der Waals surface area contributed by atoms with Crippen molar-refractivity contribution in [2.24, 2.45) is 5.73 Å². The van der Waals surface area contributed by atoms with Crippen LogP contribution in [0.25, 0.3) is 0 Å². The molecule has 0 atom stereocenters. The highest BCUT2D eigenvalue weighted by molar-refractivity contribution is 7.80. The van der Waals surface area contributed by atoms with Gasteiger partial charge < -0.3 is 11.1 Å². The molecule has 18 heavy (non-hydrogen) atoms. The largest absolute Gasteiger partial charge is 0.366 e. The van der Waals surface area contributed by atoms with Crippen LogP contribution in [0.2, 0.25) is 0 Å². The lowest BCUT2D eigenvalue weighted by molar-refractivity contribution is 0.100. The average molecular weight is 261 g/mol. The van der Waals surface area contributed by atoms with Crippen molar-refractivity contribution < 1.29 is 4.79 Å². The van der Waals surface area contributed by atoms with Crippen LogP contribution in [0, 0.1) is 0 Å². The van der Waals surface area contributed by atoms with E-state index in [-0.39, 0.29) is 5.54 Å². The molecule has 1 heterocycles. The number of amides is 1. The average Bonchev–Trinajstić information content (AvgIpc) is 2.28. The number of anilines is 1. The molecule has 5 heteroatoms. The van der Waals surface area contributed by atoms with Gasteiger partial charge in [-0.2, -0.15) is 0 Å². The van der Waals surface area contributed by atoms with Crippen LogP contribution in [-0.2, 0) is 0 Å². The first-order valence-corrected chi connectivity index (χ1v) is 6.01. The third kappa shape index (κ3) is 2.36. The highest BCUT2D eigenvalue weighted by Gasteiger charge is 2.25. The second-order valence-corrected chi connectivity index (χ2v) is 5.11. The van der Waals surface area contributed by atoms with Crippen LogP contribution in [-0.4, -0.2) is 16.6 Å². The lowest BCUT2D eigenvalue weighted by Gasteiger charge is -2.35. The number of benzene rings is 1. The minimum absolute atomic E-state index is 0.185. The molecule has 1 aromatic rings. The van der Waals surface area contributed by atoms with E-state index in [0.717, 1.165) is 0 Å². The zero-order valence-electron chi connectivity index (χ0n) is 10.3. The third-order valence-corrected chi connectivity index (χ3v) is 3.02. The summed E-state index contributed by atoms with van der Waals surface area (Å²) in [5.41, 5.74) is 6.32. The highest BCUT2D eigenvalue weighted by atomic mass is 32.1. The van der Waals surface area contributed by atoms with Crippen molar-refractivity contribution in [3.05, 3.63) is 42.1 Å². The Balaban J connectivity index is 2.45. The SMILES string of the molecule is CC1(C)C=CN(c2ccccc2C(N)=O)C(=S)N1. The number of thiocarbonyl (C=S) groups is 1. The minimum Gasteiger partial charge on any atom is -0.366 e. The van der Waals surface area contributed by atoms with E-state index in [2.05, 4.69) is 5.32 Å². The Labute approximate surface area is 111 Å². The standard InChI is InChI=1S/C13H15N3OS/c1-13(2)7-8-16(12(18)15-13)10-6-4-3-5-9(10)11(14)17/h3-8H,1-2H3,(H2,14,17)(H,15,18). The highest BCUT2D eigenvalue weighted by Crippen LogP contribution is 2.24. The summed E-state index contributed by atoms with van der Waals surface area (Å²) in [6.45, 7) is 4.04. The second kappa shape index (κ2) is 4.42. The van der Waals surface area contributed by atoms with Gasteiger partial charge in [-0.1, -0.05) is 12.1 Å². The molecule has 0 spiro atoms. The number of carbonyl (C=O) groups excluding carboxylic acids is 1. The van der Waals surface area contributed by atoms with E-state index < -0.39 is 5.91 Å². The third-order valence-electron chi connectivity index (χ3n) is 2.72. The number of para-hydroxylation sites is 1. The maximum absolute atomic E-state index is 11.4. The summed E-state index contributed by atoms with van der Waals surface area (Å²) in [7, 11) is 0. The Bertz CT molecular complexity index is 537. The molecule has 94 valence electrons. The summed E-state index contributed by atoms with van der Waals surface area (Å²) in [5.74, 6) is -0.466. The van der Waals surface area contributed by atoms with Gasteiger partial charge in [0.05, 0.1) is 16.8 Å².